The standard InChI is InChI=1S/C13H16ClNO3/c14-10-3-1-8(2-4-10)13(18)15-11-5-9(7-16)12(17)6-11/h1-4,9,11-12,16-17H,5-7H2,(H,15,18)/t9-,11+,12+/m1/s1. The predicted molar refractivity (Wildman–Crippen MR) is 68.5 cm³/mol. The monoisotopic (exact) mass is 269 g/mol. The third-order valence-electron chi connectivity index (χ3n) is 3.33. The van der Waals surface area contributed by atoms with Crippen LogP contribution in [0.15, 0.2) is 24.3 Å². The first-order valence-electron chi connectivity index (χ1n) is 5.95. The molecule has 0 spiro atoms. The summed E-state index contributed by atoms with van der Waals surface area (Å²) in [4.78, 5) is 11.9. The van der Waals surface area contributed by atoms with E-state index in [1.807, 2.05) is 0 Å². The van der Waals surface area contributed by atoms with Gasteiger partial charge in [0.05, 0.1) is 6.10 Å². The van der Waals surface area contributed by atoms with Gasteiger partial charge in [-0.25, -0.2) is 0 Å². The SMILES string of the molecule is O=C(N[C@H]1C[C@H](CO)[C@@H](O)C1)c1ccc(Cl)cc1. The predicted octanol–water partition coefficient (Wildman–Crippen LogP) is 1.20. The fourth-order valence-electron chi connectivity index (χ4n) is 2.29. The van der Waals surface area contributed by atoms with Crippen LogP contribution < -0.4 is 5.32 Å². The lowest BCUT2D eigenvalue weighted by Gasteiger charge is -2.12. The van der Waals surface area contributed by atoms with Crippen LogP contribution in [0.25, 0.3) is 0 Å². The average Bonchev–Trinajstić information content (AvgIpc) is 2.70. The zero-order valence-electron chi connectivity index (χ0n) is 9.84. The Kier molecular flexibility index (Phi) is 4.22. The molecule has 1 aliphatic carbocycles. The number of nitrogens with one attached hydrogen (secondary N) is 1. The van der Waals surface area contributed by atoms with E-state index in [-0.39, 0.29) is 24.5 Å². The van der Waals surface area contributed by atoms with Gasteiger partial charge in [-0.05, 0) is 37.1 Å². The molecule has 18 heavy (non-hydrogen) atoms. The molecule has 98 valence electrons. The number of carbonyl (C=O) groups is 1. The number of hydrogen-bond acceptors (Lipinski definition) is 3. The maximum atomic E-state index is 11.9. The first-order valence-corrected chi connectivity index (χ1v) is 6.33. The van der Waals surface area contributed by atoms with Crippen molar-refractivity contribution in [3.8, 4) is 0 Å². The highest BCUT2D eigenvalue weighted by Crippen LogP contribution is 2.25. The van der Waals surface area contributed by atoms with Crippen LogP contribution >= 0.6 is 11.6 Å². The minimum atomic E-state index is -0.537. The van der Waals surface area contributed by atoms with Gasteiger partial charge in [0.15, 0.2) is 0 Å². The molecule has 1 amide bonds. The molecule has 0 aromatic heterocycles. The van der Waals surface area contributed by atoms with Crippen LogP contribution in [0.5, 0.6) is 0 Å². The van der Waals surface area contributed by atoms with Crippen molar-refractivity contribution < 1.29 is 15.0 Å². The molecule has 1 aromatic rings. The number of halogens is 1. The van der Waals surface area contributed by atoms with Crippen molar-refractivity contribution in [2.24, 2.45) is 5.92 Å². The molecule has 0 aliphatic heterocycles. The maximum absolute atomic E-state index is 11.9. The zero-order valence-corrected chi connectivity index (χ0v) is 10.6. The number of rotatable bonds is 3. The number of aliphatic hydroxyl groups is 2. The molecule has 0 unspecified atom stereocenters. The van der Waals surface area contributed by atoms with E-state index in [0.717, 1.165) is 0 Å². The van der Waals surface area contributed by atoms with E-state index in [1.165, 1.54) is 0 Å². The van der Waals surface area contributed by atoms with Gasteiger partial charge in [-0.3, -0.25) is 4.79 Å². The van der Waals surface area contributed by atoms with E-state index in [0.29, 0.717) is 23.4 Å². The molecule has 1 aromatic carbocycles. The van der Waals surface area contributed by atoms with E-state index in [4.69, 9.17) is 16.7 Å². The van der Waals surface area contributed by atoms with Crippen molar-refractivity contribution in [2.45, 2.75) is 25.0 Å². The second-order valence-corrected chi connectivity index (χ2v) is 5.10. The molecule has 4 nitrogen and oxygen atoms in total. The molecule has 0 saturated heterocycles. The van der Waals surface area contributed by atoms with Crippen LogP contribution in [-0.4, -0.2) is 34.9 Å². The molecule has 0 heterocycles. The van der Waals surface area contributed by atoms with Gasteiger partial charge in [0.2, 0.25) is 0 Å². The van der Waals surface area contributed by atoms with Gasteiger partial charge in [0.25, 0.3) is 5.91 Å². The summed E-state index contributed by atoms with van der Waals surface area (Å²) in [6.07, 6.45) is 0.562. The summed E-state index contributed by atoms with van der Waals surface area (Å²) < 4.78 is 0. The largest absolute Gasteiger partial charge is 0.396 e. The van der Waals surface area contributed by atoms with Crippen molar-refractivity contribution >= 4 is 17.5 Å². The van der Waals surface area contributed by atoms with Gasteiger partial charge in [0.1, 0.15) is 0 Å². The van der Waals surface area contributed by atoms with E-state index < -0.39 is 6.10 Å². The Bertz CT molecular complexity index is 421. The Morgan fingerprint density at radius 3 is 2.56 bits per heavy atom. The van der Waals surface area contributed by atoms with Gasteiger partial charge < -0.3 is 15.5 Å². The second-order valence-electron chi connectivity index (χ2n) is 4.66. The second kappa shape index (κ2) is 5.69. The Morgan fingerprint density at radius 2 is 2.00 bits per heavy atom. The van der Waals surface area contributed by atoms with Crippen molar-refractivity contribution in [1.29, 1.82) is 0 Å². The Morgan fingerprint density at radius 1 is 1.33 bits per heavy atom. The van der Waals surface area contributed by atoms with Crippen LogP contribution in [0, 0.1) is 5.92 Å². The van der Waals surface area contributed by atoms with E-state index in [2.05, 4.69) is 5.32 Å². The Hall–Kier alpha value is -1.10. The lowest BCUT2D eigenvalue weighted by molar-refractivity contribution is 0.0903. The van der Waals surface area contributed by atoms with Crippen molar-refractivity contribution in [1.82, 2.24) is 5.32 Å². The average molecular weight is 270 g/mol. The maximum Gasteiger partial charge on any atom is 0.251 e. The zero-order chi connectivity index (χ0) is 13.1. The summed E-state index contributed by atoms with van der Waals surface area (Å²) >= 11 is 5.75. The molecular weight excluding hydrogens is 254 g/mol. The fourth-order valence-corrected chi connectivity index (χ4v) is 2.41. The minimum absolute atomic E-state index is 0.0471. The highest BCUT2D eigenvalue weighted by atomic mass is 35.5. The first-order chi connectivity index (χ1) is 8.60. The molecule has 0 bridgehead atoms. The molecule has 1 saturated carbocycles. The van der Waals surface area contributed by atoms with E-state index in [9.17, 15) is 9.90 Å². The number of benzene rings is 1. The summed E-state index contributed by atoms with van der Waals surface area (Å²) in [7, 11) is 0. The fraction of sp³-hybridized carbons (Fsp3) is 0.462. The van der Waals surface area contributed by atoms with Crippen molar-refractivity contribution in [3.63, 3.8) is 0 Å². The summed E-state index contributed by atoms with van der Waals surface area (Å²) in [5.41, 5.74) is 0.543. The van der Waals surface area contributed by atoms with E-state index in [1.54, 1.807) is 24.3 Å². The number of hydrogen-bond donors (Lipinski definition) is 3. The lowest BCUT2D eigenvalue weighted by Crippen LogP contribution is -2.33. The van der Waals surface area contributed by atoms with Crippen molar-refractivity contribution in [3.05, 3.63) is 34.9 Å². The molecule has 5 heteroatoms. The van der Waals surface area contributed by atoms with Crippen LogP contribution in [-0.2, 0) is 0 Å². The highest BCUT2D eigenvalue weighted by Gasteiger charge is 2.33. The third kappa shape index (κ3) is 3.02. The molecule has 3 N–H and O–H groups in total. The molecular formula is C13H16ClNO3. The normalized spacial score (nSPS) is 27.2. The van der Waals surface area contributed by atoms with E-state index >= 15 is 0 Å². The van der Waals surface area contributed by atoms with Crippen LogP contribution in [0.4, 0.5) is 0 Å². The summed E-state index contributed by atoms with van der Waals surface area (Å²) in [6.45, 7) is -0.0471. The lowest BCUT2D eigenvalue weighted by atomic mass is 10.1. The molecule has 1 aliphatic rings. The molecule has 0 radical (unpaired) electrons. The number of aliphatic hydroxyl groups excluding tert-OH is 2. The van der Waals surface area contributed by atoms with Crippen LogP contribution in [0.3, 0.4) is 0 Å². The third-order valence-corrected chi connectivity index (χ3v) is 3.59. The smallest absolute Gasteiger partial charge is 0.251 e. The first kappa shape index (κ1) is 13.3. The molecule has 1 fully saturated rings. The number of carbonyl (C=O) groups excluding carboxylic acids is 1. The quantitative estimate of drug-likeness (QED) is 0.772. The summed E-state index contributed by atoms with van der Waals surface area (Å²) in [5, 5.41) is 22.1. The van der Waals surface area contributed by atoms with Gasteiger partial charge in [-0.15, -0.1) is 0 Å². The van der Waals surface area contributed by atoms with Gasteiger partial charge in [0, 0.05) is 29.2 Å². The Labute approximate surface area is 111 Å². The molecule has 2 rings (SSSR count). The number of amides is 1. The van der Waals surface area contributed by atoms with Gasteiger partial charge >= 0.3 is 0 Å². The van der Waals surface area contributed by atoms with Crippen LogP contribution in [0.2, 0.25) is 5.02 Å². The highest BCUT2D eigenvalue weighted by molar-refractivity contribution is 6.30. The van der Waals surface area contributed by atoms with Crippen LogP contribution in [0.1, 0.15) is 23.2 Å². The van der Waals surface area contributed by atoms with Gasteiger partial charge in [-0.2, -0.15) is 0 Å². The van der Waals surface area contributed by atoms with Gasteiger partial charge in [-0.1, -0.05) is 11.6 Å². The Balaban J connectivity index is 1.94. The molecule has 3 atom stereocenters. The van der Waals surface area contributed by atoms with Crippen molar-refractivity contribution in [2.75, 3.05) is 6.61 Å². The minimum Gasteiger partial charge on any atom is -0.396 e. The topological polar surface area (TPSA) is 69.6 Å². The summed E-state index contributed by atoms with van der Waals surface area (Å²) in [6, 6.07) is 6.56. The summed E-state index contributed by atoms with van der Waals surface area (Å²) in [5.74, 6) is -0.317.